The summed E-state index contributed by atoms with van der Waals surface area (Å²) in [5.41, 5.74) is 0.270. The highest BCUT2D eigenvalue weighted by atomic mass is 19.4. The summed E-state index contributed by atoms with van der Waals surface area (Å²) in [6, 6.07) is 7.99. The number of hydrogen-bond acceptors (Lipinski definition) is 4. The molecular weight excluding hydrogens is 335 g/mol. The van der Waals surface area contributed by atoms with Crippen molar-refractivity contribution in [3.8, 4) is 0 Å². The lowest BCUT2D eigenvalue weighted by atomic mass is 10.2. The Morgan fingerprint density at radius 1 is 1.12 bits per heavy atom. The number of ether oxygens (including phenoxy) is 1. The Labute approximate surface area is 142 Å². The van der Waals surface area contributed by atoms with Crippen molar-refractivity contribution in [1.29, 1.82) is 0 Å². The maximum absolute atomic E-state index is 12.8. The van der Waals surface area contributed by atoms with Gasteiger partial charge in [-0.1, -0.05) is 6.07 Å². The number of pyridine rings is 1. The van der Waals surface area contributed by atoms with E-state index >= 15 is 0 Å². The molecule has 1 fully saturated rings. The number of rotatable bonds is 3. The van der Waals surface area contributed by atoms with Gasteiger partial charge in [0.1, 0.15) is 5.69 Å². The largest absolute Gasteiger partial charge is 0.416 e. The molecule has 5 nitrogen and oxygen atoms in total. The maximum atomic E-state index is 12.8. The van der Waals surface area contributed by atoms with E-state index in [9.17, 15) is 18.0 Å². The van der Waals surface area contributed by atoms with Crippen molar-refractivity contribution < 1.29 is 22.7 Å². The minimum Gasteiger partial charge on any atom is -0.378 e. The predicted octanol–water partition coefficient (Wildman–Crippen LogP) is 3.32. The van der Waals surface area contributed by atoms with Crippen molar-refractivity contribution in [3.05, 3.63) is 53.9 Å². The highest BCUT2D eigenvalue weighted by molar-refractivity contribution is 5.93. The van der Waals surface area contributed by atoms with E-state index in [2.05, 4.69) is 10.3 Å². The number of benzene rings is 1. The molecule has 0 unspecified atom stereocenters. The van der Waals surface area contributed by atoms with E-state index in [1.807, 2.05) is 0 Å². The second kappa shape index (κ2) is 7.10. The van der Waals surface area contributed by atoms with Crippen LogP contribution in [0.25, 0.3) is 0 Å². The number of halogens is 3. The van der Waals surface area contributed by atoms with E-state index in [-0.39, 0.29) is 17.3 Å². The number of carbonyl (C=O) groups excluding carboxylic acids is 1. The number of aromatic nitrogens is 1. The van der Waals surface area contributed by atoms with E-state index in [1.54, 1.807) is 11.0 Å². The lowest BCUT2D eigenvalue weighted by molar-refractivity contribution is -0.137. The lowest BCUT2D eigenvalue weighted by Gasteiger charge is -2.26. The average Bonchev–Trinajstić information content (AvgIpc) is 2.61. The van der Waals surface area contributed by atoms with Gasteiger partial charge in [-0.05, 0) is 30.3 Å². The fourth-order valence-corrected chi connectivity index (χ4v) is 2.49. The standard InChI is InChI=1S/C17H16F3N3O2/c18-17(19,20)12-2-1-3-13(10-12)22-14-4-5-21-15(11-14)16(24)23-6-8-25-9-7-23/h1-5,10-11H,6-9H2,(H,21,22). The number of nitrogens with one attached hydrogen (secondary N) is 1. The van der Waals surface area contributed by atoms with E-state index in [4.69, 9.17) is 4.74 Å². The van der Waals surface area contributed by atoms with Crippen LogP contribution in [0.15, 0.2) is 42.6 Å². The first-order valence-corrected chi connectivity index (χ1v) is 7.71. The summed E-state index contributed by atoms with van der Waals surface area (Å²) in [5, 5.41) is 2.88. The second-order valence-corrected chi connectivity index (χ2v) is 5.54. The van der Waals surface area contributed by atoms with Crippen molar-refractivity contribution >= 4 is 17.3 Å². The molecule has 1 aromatic heterocycles. The quantitative estimate of drug-likeness (QED) is 0.922. The van der Waals surface area contributed by atoms with Gasteiger partial charge in [0.15, 0.2) is 0 Å². The van der Waals surface area contributed by atoms with Crippen LogP contribution in [0, 0.1) is 0 Å². The van der Waals surface area contributed by atoms with Gasteiger partial charge in [0.25, 0.3) is 5.91 Å². The summed E-state index contributed by atoms with van der Waals surface area (Å²) in [4.78, 5) is 18.1. The summed E-state index contributed by atoms with van der Waals surface area (Å²) in [6.07, 6.45) is -2.96. The summed E-state index contributed by atoms with van der Waals surface area (Å²) in [6.45, 7) is 1.94. The van der Waals surface area contributed by atoms with Crippen LogP contribution in [0.2, 0.25) is 0 Å². The van der Waals surface area contributed by atoms with Gasteiger partial charge in [-0.2, -0.15) is 13.2 Å². The number of hydrogen-bond donors (Lipinski definition) is 1. The van der Waals surface area contributed by atoms with Gasteiger partial charge in [-0.3, -0.25) is 9.78 Å². The third-order valence-electron chi connectivity index (χ3n) is 3.76. The van der Waals surface area contributed by atoms with Crippen LogP contribution >= 0.6 is 0 Å². The van der Waals surface area contributed by atoms with Crippen molar-refractivity contribution in [2.75, 3.05) is 31.6 Å². The molecule has 1 saturated heterocycles. The molecule has 1 aliphatic heterocycles. The molecule has 3 rings (SSSR count). The van der Waals surface area contributed by atoms with Gasteiger partial charge in [0.2, 0.25) is 0 Å². The average molecular weight is 351 g/mol. The molecule has 0 radical (unpaired) electrons. The van der Waals surface area contributed by atoms with Gasteiger partial charge in [0.05, 0.1) is 18.8 Å². The second-order valence-electron chi connectivity index (χ2n) is 5.54. The highest BCUT2D eigenvalue weighted by Crippen LogP contribution is 2.31. The molecule has 1 N–H and O–H groups in total. The van der Waals surface area contributed by atoms with Gasteiger partial charge in [-0.25, -0.2) is 0 Å². The van der Waals surface area contributed by atoms with Crippen LogP contribution in [0.4, 0.5) is 24.5 Å². The highest BCUT2D eigenvalue weighted by Gasteiger charge is 2.30. The molecule has 25 heavy (non-hydrogen) atoms. The Bertz CT molecular complexity index is 759. The molecule has 0 atom stereocenters. The van der Waals surface area contributed by atoms with Crippen LogP contribution in [0.5, 0.6) is 0 Å². The molecule has 1 amide bonds. The Morgan fingerprint density at radius 2 is 1.84 bits per heavy atom. The Kier molecular flexibility index (Phi) is 4.89. The predicted molar refractivity (Wildman–Crippen MR) is 85.7 cm³/mol. The molecule has 0 saturated carbocycles. The normalized spacial score (nSPS) is 15.1. The first-order valence-electron chi connectivity index (χ1n) is 7.71. The van der Waals surface area contributed by atoms with Crippen molar-refractivity contribution in [1.82, 2.24) is 9.88 Å². The number of alkyl halides is 3. The van der Waals surface area contributed by atoms with E-state index in [1.165, 1.54) is 24.4 Å². The fourth-order valence-electron chi connectivity index (χ4n) is 2.49. The molecule has 132 valence electrons. The van der Waals surface area contributed by atoms with Gasteiger partial charge in [0, 0.05) is 30.7 Å². The van der Waals surface area contributed by atoms with Crippen LogP contribution < -0.4 is 5.32 Å². The molecule has 0 spiro atoms. The van der Waals surface area contributed by atoms with Crippen LogP contribution in [-0.4, -0.2) is 42.1 Å². The van der Waals surface area contributed by atoms with E-state index in [0.29, 0.717) is 32.0 Å². The molecular formula is C17H16F3N3O2. The molecule has 0 aliphatic carbocycles. The Morgan fingerprint density at radius 3 is 2.56 bits per heavy atom. The summed E-state index contributed by atoms with van der Waals surface area (Å²) in [7, 11) is 0. The molecule has 8 heteroatoms. The topological polar surface area (TPSA) is 54.5 Å². The minimum atomic E-state index is -4.41. The van der Waals surface area contributed by atoms with Gasteiger partial charge in [-0.15, -0.1) is 0 Å². The molecule has 1 aromatic carbocycles. The van der Waals surface area contributed by atoms with E-state index < -0.39 is 11.7 Å². The monoisotopic (exact) mass is 351 g/mol. The van der Waals surface area contributed by atoms with Crippen molar-refractivity contribution in [2.45, 2.75) is 6.18 Å². The minimum absolute atomic E-state index is 0.226. The Hall–Kier alpha value is -2.61. The molecule has 1 aliphatic rings. The lowest BCUT2D eigenvalue weighted by Crippen LogP contribution is -2.41. The zero-order valence-electron chi connectivity index (χ0n) is 13.2. The van der Waals surface area contributed by atoms with Gasteiger partial charge < -0.3 is 15.0 Å². The summed E-state index contributed by atoms with van der Waals surface area (Å²) >= 11 is 0. The smallest absolute Gasteiger partial charge is 0.378 e. The van der Waals surface area contributed by atoms with Crippen LogP contribution in [-0.2, 0) is 10.9 Å². The van der Waals surface area contributed by atoms with Crippen molar-refractivity contribution in [3.63, 3.8) is 0 Å². The number of nitrogens with zero attached hydrogens (tertiary/aromatic N) is 2. The number of amides is 1. The third kappa shape index (κ3) is 4.27. The zero-order chi connectivity index (χ0) is 17.9. The molecule has 2 heterocycles. The number of anilines is 2. The summed E-state index contributed by atoms with van der Waals surface area (Å²) in [5.74, 6) is -0.226. The van der Waals surface area contributed by atoms with Crippen LogP contribution in [0.3, 0.4) is 0 Å². The molecule has 0 bridgehead atoms. The third-order valence-corrected chi connectivity index (χ3v) is 3.76. The molecule has 2 aromatic rings. The summed E-state index contributed by atoms with van der Waals surface area (Å²) < 4.78 is 43.6. The zero-order valence-corrected chi connectivity index (χ0v) is 13.2. The van der Waals surface area contributed by atoms with E-state index in [0.717, 1.165) is 12.1 Å². The first-order chi connectivity index (χ1) is 11.9. The first kappa shape index (κ1) is 17.2. The Balaban J connectivity index is 1.77. The maximum Gasteiger partial charge on any atom is 0.416 e. The number of carbonyl (C=O) groups is 1. The SMILES string of the molecule is O=C(c1cc(Nc2cccc(C(F)(F)F)c2)ccn1)N1CCOCC1. The number of morpholine rings is 1. The van der Waals surface area contributed by atoms with Gasteiger partial charge >= 0.3 is 6.18 Å². The van der Waals surface area contributed by atoms with Crippen molar-refractivity contribution in [2.24, 2.45) is 0 Å². The fraction of sp³-hybridized carbons (Fsp3) is 0.294. The van der Waals surface area contributed by atoms with Crippen LogP contribution in [0.1, 0.15) is 16.1 Å².